The van der Waals surface area contributed by atoms with Gasteiger partial charge in [0.05, 0.1) is 10.1 Å². The molecule has 1 aliphatic rings. The summed E-state index contributed by atoms with van der Waals surface area (Å²) in [4.78, 5) is 25.8. The first kappa shape index (κ1) is 17.9. The Morgan fingerprint density at radius 1 is 1.00 bits per heavy atom. The average molecular weight is 403 g/mol. The van der Waals surface area contributed by atoms with Gasteiger partial charge in [-0.25, -0.2) is 0 Å². The fraction of sp³-hybridized carbons (Fsp3) is 0.400. The molecule has 0 atom stereocenters. The molecule has 4 nitrogen and oxygen atoms in total. The maximum Gasteiger partial charge on any atom is 0.268 e. The third-order valence-corrected chi connectivity index (χ3v) is 5.53. The van der Waals surface area contributed by atoms with E-state index in [4.69, 9.17) is 0 Å². The zero-order valence-electron chi connectivity index (χ0n) is 14.7. The molecule has 0 saturated heterocycles. The second kappa shape index (κ2) is 7.56. The highest BCUT2D eigenvalue weighted by Gasteiger charge is 2.36. The molecular formula is C20H23BrN2O2. The minimum atomic E-state index is -0.281. The lowest BCUT2D eigenvalue weighted by Gasteiger charge is -2.05. The Hall–Kier alpha value is -1.88. The molecule has 1 aliphatic heterocycles. The average Bonchev–Trinajstić information content (AvgIpc) is 3.07. The second-order valence-corrected chi connectivity index (χ2v) is 7.32. The van der Waals surface area contributed by atoms with Crippen molar-refractivity contribution in [3.8, 4) is 0 Å². The standard InChI is InChI=1S/C20H23BrN2O2/c1-3-4-5-6-9-12-23-13-15(14-10-7-8-11-16(14)23)17-18(21)20(25)22(2)19(17)24/h7-8,10-11,13H,3-6,9,12H2,1-2H3. The molecular weight excluding hydrogens is 380 g/mol. The van der Waals surface area contributed by atoms with Gasteiger partial charge < -0.3 is 4.57 Å². The Labute approximate surface area is 156 Å². The van der Waals surface area contributed by atoms with Crippen molar-refractivity contribution in [2.24, 2.45) is 0 Å². The molecule has 5 heteroatoms. The van der Waals surface area contributed by atoms with Crippen molar-refractivity contribution in [2.75, 3.05) is 7.05 Å². The Balaban J connectivity index is 1.95. The van der Waals surface area contributed by atoms with Crippen LogP contribution in [-0.4, -0.2) is 28.3 Å². The van der Waals surface area contributed by atoms with E-state index in [1.54, 1.807) is 0 Å². The van der Waals surface area contributed by atoms with E-state index in [-0.39, 0.29) is 11.8 Å². The van der Waals surface area contributed by atoms with Crippen LogP contribution >= 0.6 is 15.9 Å². The number of halogens is 1. The monoisotopic (exact) mass is 402 g/mol. The lowest BCUT2D eigenvalue weighted by atomic mass is 10.1. The summed E-state index contributed by atoms with van der Waals surface area (Å²) in [5.74, 6) is -0.529. The van der Waals surface area contributed by atoms with Crippen molar-refractivity contribution < 1.29 is 9.59 Å². The largest absolute Gasteiger partial charge is 0.347 e. The van der Waals surface area contributed by atoms with E-state index in [1.165, 1.54) is 32.7 Å². The van der Waals surface area contributed by atoms with Gasteiger partial charge in [0.1, 0.15) is 0 Å². The van der Waals surface area contributed by atoms with Crippen LogP contribution in [0.3, 0.4) is 0 Å². The fourth-order valence-electron chi connectivity index (χ4n) is 3.36. The third kappa shape index (κ3) is 3.30. The molecule has 2 aromatic rings. The van der Waals surface area contributed by atoms with Gasteiger partial charge >= 0.3 is 0 Å². The van der Waals surface area contributed by atoms with Gasteiger partial charge in [-0.3, -0.25) is 14.5 Å². The Morgan fingerprint density at radius 2 is 1.72 bits per heavy atom. The van der Waals surface area contributed by atoms with Gasteiger partial charge in [0.15, 0.2) is 0 Å². The van der Waals surface area contributed by atoms with Crippen LogP contribution in [0.2, 0.25) is 0 Å². The summed E-state index contributed by atoms with van der Waals surface area (Å²) in [6, 6.07) is 8.07. The number of benzene rings is 1. The van der Waals surface area contributed by atoms with E-state index in [0.717, 1.165) is 34.3 Å². The molecule has 0 radical (unpaired) electrons. The van der Waals surface area contributed by atoms with E-state index >= 15 is 0 Å². The number of aryl methyl sites for hydroxylation is 1. The molecule has 132 valence electrons. The first-order valence-electron chi connectivity index (χ1n) is 8.86. The van der Waals surface area contributed by atoms with E-state index in [1.807, 2.05) is 24.4 Å². The van der Waals surface area contributed by atoms with Crippen molar-refractivity contribution in [2.45, 2.75) is 45.6 Å². The molecule has 2 amide bonds. The number of rotatable bonds is 7. The number of carbonyl (C=O) groups is 2. The number of unbranched alkanes of at least 4 members (excludes halogenated alkanes) is 4. The minimum absolute atomic E-state index is 0.247. The second-order valence-electron chi connectivity index (χ2n) is 6.53. The number of imide groups is 1. The van der Waals surface area contributed by atoms with Crippen LogP contribution in [0, 0.1) is 0 Å². The Kier molecular flexibility index (Phi) is 5.42. The van der Waals surface area contributed by atoms with Gasteiger partial charge in [-0.05, 0) is 28.4 Å². The van der Waals surface area contributed by atoms with E-state index in [0.29, 0.717) is 10.1 Å². The van der Waals surface area contributed by atoms with Crippen LogP contribution < -0.4 is 0 Å². The van der Waals surface area contributed by atoms with E-state index < -0.39 is 0 Å². The minimum Gasteiger partial charge on any atom is -0.347 e. The van der Waals surface area contributed by atoms with Gasteiger partial charge in [0.25, 0.3) is 11.8 Å². The van der Waals surface area contributed by atoms with Crippen LogP contribution in [0.1, 0.15) is 44.6 Å². The van der Waals surface area contributed by atoms with E-state index in [9.17, 15) is 9.59 Å². The number of hydrogen-bond donors (Lipinski definition) is 0. The quantitative estimate of drug-likeness (QED) is 0.496. The molecule has 1 aromatic carbocycles. The number of carbonyl (C=O) groups excluding carboxylic acids is 2. The van der Waals surface area contributed by atoms with Crippen molar-refractivity contribution in [1.82, 2.24) is 9.47 Å². The molecule has 1 aromatic heterocycles. The molecule has 3 rings (SSSR count). The van der Waals surface area contributed by atoms with Gasteiger partial charge in [-0.2, -0.15) is 0 Å². The molecule has 0 bridgehead atoms. The maximum absolute atomic E-state index is 12.5. The predicted octanol–water partition coefficient (Wildman–Crippen LogP) is 4.72. The van der Waals surface area contributed by atoms with Gasteiger partial charge in [-0.15, -0.1) is 0 Å². The Morgan fingerprint density at radius 3 is 2.40 bits per heavy atom. The number of nitrogens with zero attached hydrogens (tertiary/aromatic N) is 2. The first-order valence-corrected chi connectivity index (χ1v) is 9.66. The summed E-state index contributed by atoms with van der Waals surface area (Å²) in [6.07, 6.45) is 8.12. The van der Waals surface area contributed by atoms with Crippen molar-refractivity contribution in [3.05, 3.63) is 40.5 Å². The van der Waals surface area contributed by atoms with Crippen molar-refractivity contribution >= 4 is 44.2 Å². The summed E-state index contributed by atoms with van der Waals surface area (Å²) in [5.41, 5.74) is 2.41. The number of fused-ring (bicyclic) bond motifs is 1. The van der Waals surface area contributed by atoms with Gasteiger partial charge in [0, 0.05) is 36.3 Å². The summed E-state index contributed by atoms with van der Waals surface area (Å²) >= 11 is 3.32. The molecule has 0 spiro atoms. The SMILES string of the molecule is CCCCCCCn1cc(C2=C(Br)C(=O)N(C)C2=O)c2ccccc21. The molecule has 25 heavy (non-hydrogen) atoms. The normalized spacial score (nSPS) is 15.1. The number of amides is 2. The zero-order valence-corrected chi connectivity index (χ0v) is 16.3. The molecule has 0 saturated carbocycles. The summed E-state index contributed by atoms with van der Waals surface area (Å²) < 4.78 is 2.56. The van der Waals surface area contributed by atoms with Crippen molar-refractivity contribution in [1.29, 1.82) is 0 Å². The highest BCUT2D eigenvalue weighted by atomic mass is 79.9. The zero-order chi connectivity index (χ0) is 18.0. The fourth-order valence-corrected chi connectivity index (χ4v) is 4.01. The summed E-state index contributed by atoms with van der Waals surface area (Å²) in [6.45, 7) is 3.14. The molecule has 0 aliphatic carbocycles. The third-order valence-electron chi connectivity index (χ3n) is 4.79. The van der Waals surface area contributed by atoms with Crippen LogP contribution in [-0.2, 0) is 16.1 Å². The van der Waals surface area contributed by atoms with Gasteiger partial charge in [0.2, 0.25) is 0 Å². The highest BCUT2D eigenvalue weighted by molar-refractivity contribution is 9.12. The smallest absolute Gasteiger partial charge is 0.268 e. The topological polar surface area (TPSA) is 42.3 Å². The van der Waals surface area contributed by atoms with Crippen LogP contribution in [0.4, 0.5) is 0 Å². The lowest BCUT2D eigenvalue weighted by molar-refractivity contribution is -0.134. The highest BCUT2D eigenvalue weighted by Crippen LogP contribution is 2.36. The predicted molar refractivity (Wildman–Crippen MR) is 104 cm³/mol. The van der Waals surface area contributed by atoms with Crippen LogP contribution in [0.25, 0.3) is 16.5 Å². The molecule has 0 unspecified atom stereocenters. The first-order chi connectivity index (χ1) is 12.1. The number of aromatic nitrogens is 1. The van der Waals surface area contributed by atoms with Crippen LogP contribution in [0.15, 0.2) is 34.9 Å². The molecule has 0 fully saturated rings. The number of hydrogen-bond acceptors (Lipinski definition) is 2. The number of likely N-dealkylation sites (N-methyl/N-ethyl adjacent to an activating group) is 1. The van der Waals surface area contributed by atoms with Gasteiger partial charge in [-0.1, -0.05) is 50.8 Å². The summed E-state index contributed by atoms with van der Waals surface area (Å²) in [5, 5.41) is 1.01. The number of para-hydroxylation sites is 1. The van der Waals surface area contributed by atoms with Crippen LogP contribution in [0.5, 0.6) is 0 Å². The Bertz CT molecular complexity index is 850. The summed E-state index contributed by atoms with van der Waals surface area (Å²) in [7, 11) is 1.52. The maximum atomic E-state index is 12.5. The molecule has 0 N–H and O–H groups in total. The van der Waals surface area contributed by atoms with E-state index in [2.05, 4.69) is 33.5 Å². The van der Waals surface area contributed by atoms with Crippen molar-refractivity contribution in [3.63, 3.8) is 0 Å². The lowest BCUT2D eigenvalue weighted by Crippen LogP contribution is -2.26. The molecule has 2 heterocycles.